The maximum Gasteiger partial charge on any atom is 2.00 e. The van der Waals surface area contributed by atoms with E-state index in [0.717, 1.165) is 0 Å². The topological polar surface area (TPSA) is 17.1 Å². The van der Waals surface area contributed by atoms with E-state index >= 15 is 0 Å². The van der Waals surface area contributed by atoms with Gasteiger partial charge in [-0.25, -0.2) is 0 Å². The predicted molar refractivity (Wildman–Crippen MR) is 13.7 cm³/mol. The van der Waals surface area contributed by atoms with Gasteiger partial charge in [-0.3, -0.25) is 0 Å². The molecule has 1 radical (unpaired) electrons. The fourth-order valence-corrected chi connectivity index (χ4v) is 0. The van der Waals surface area contributed by atoms with Gasteiger partial charge in [0.1, 0.15) is 0 Å². The second kappa shape index (κ2) is 18.2. The molecule has 0 unspecified atom stereocenters. The van der Waals surface area contributed by atoms with E-state index in [0.29, 0.717) is 0 Å². The minimum atomic E-state index is 0. The van der Waals surface area contributed by atoms with Gasteiger partial charge in [0.15, 0.2) is 0 Å². The first-order valence-electron chi connectivity index (χ1n) is 0.371. The smallest absolute Gasteiger partial charge is 1.00 e. The second-order valence-corrected chi connectivity index (χ2v) is 0.281. The standard InChI is InChI=1S/CO.Co.Mg.Mn.2H/c1-2;;;;;/q;;+2;;2*-1. The molecule has 0 fully saturated rings. The van der Waals surface area contributed by atoms with Gasteiger partial charge in [-0.1, -0.05) is 0 Å². The van der Waals surface area contributed by atoms with E-state index in [1.807, 2.05) is 0 Å². The normalized spacial score (nSPS) is 1.80. The van der Waals surface area contributed by atoms with Crippen molar-refractivity contribution in [2.45, 2.75) is 0 Å². The molecule has 0 bridgehead atoms. The van der Waals surface area contributed by atoms with Gasteiger partial charge in [-0.15, -0.1) is 0 Å². The summed E-state index contributed by atoms with van der Waals surface area (Å²) >= 11 is 3.02. The molecule has 0 saturated carbocycles. The maximum atomic E-state index is 8.54. The van der Waals surface area contributed by atoms with E-state index in [1.54, 1.807) is 0 Å². The molecule has 0 aliphatic heterocycles. The number of hydrogen-bond acceptors (Lipinski definition) is 1. The zero-order chi connectivity index (χ0) is 2.71. The summed E-state index contributed by atoms with van der Waals surface area (Å²) in [7, 11) is 0. The van der Waals surface area contributed by atoms with Crippen molar-refractivity contribution < 1.29 is 40.0 Å². The Morgan fingerprint density at radius 3 is 1.80 bits per heavy atom. The van der Waals surface area contributed by atoms with Gasteiger partial charge in [-0.05, 0) is 0 Å². The Balaban J connectivity index is -0.00000000333. The van der Waals surface area contributed by atoms with E-state index in [2.05, 4.69) is 15.3 Å². The third-order valence-corrected chi connectivity index (χ3v) is 0. The molecule has 5 heavy (non-hydrogen) atoms. The summed E-state index contributed by atoms with van der Waals surface area (Å²) in [6.07, 6.45) is 0. The Labute approximate surface area is 67.6 Å². The van der Waals surface area contributed by atoms with Crippen molar-refractivity contribution in [1.29, 1.82) is 0 Å². The van der Waals surface area contributed by atoms with Crippen LogP contribution in [0.4, 0.5) is 0 Å². The molecule has 0 spiro atoms. The monoisotopic (exact) mass is 168 g/mol. The van der Waals surface area contributed by atoms with Crippen LogP contribution in [0.5, 0.6) is 0 Å². The maximum absolute atomic E-state index is 8.54. The van der Waals surface area contributed by atoms with Gasteiger partial charge in [-0.2, -0.15) is 0 Å². The van der Waals surface area contributed by atoms with Crippen molar-refractivity contribution in [2.75, 3.05) is 0 Å². The molecule has 0 aromatic carbocycles. The van der Waals surface area contributed by atoms with Gasteiger partial charge in [0.25, 0.3) is 0 Å². The Kier molecular flexibility index (Phi) is 59.0. The zero-order valence-corrected chi connectivity index (χ0v) is 5.96. The summed E-state index contributed by atoms with van der Waals surface area (Å²) in [5.41, 5.74) is 0. The third kappa shape index (κ3) is 32.4. The molecule has 0 amide bonds. The third-order valence-electron chi connectivity index (χ3n) is 0. The average molecular weight is 168 g/mol. The molecule has 0 atom stereocenters. The fraction of sp³-hybridized carbons (Fsp3) is 0. The molecule has 0 rings (SSSR count). The molecule has 30 valence electrons. The summed E-state index contributed by atoms with van der Waals surface area (Å²) in [5, 5.41) is 0. The van der Waals surface area contributed by atoms with Gasteiger partial charge in [0.2, 0.25) is 0 Å². The van der Waals surface area contributed by atoms with Gasteiger partial charge >= 0.3 is 48.0 Å². The molecular weight excluding hydrogens is 166 g/mol. The van der Waals surface area contributed by atoms with Crippen molar-refractivity contribution >= 4 is 27.9 Å². The molecular formula is CH2CoMgMnO. The van der Waals surface area contributed by atoms with Crippen molar-refractivity contribution in [2.24, 2.45) is 0 Å². The number of hydrogen-bond donors (Lipinski definition) is 0. The summed E-state index contributed by atoms with van der Waals surface area (Å²) < 4.78 is 0. The minimum absolute atomic E-state index is 0. The van der Waals surface area contributed by atoms with Crippen LogP contribution in [0.1, 0.15) is 2.85 Å². The second-order valence-electron chi connectivity index (χ2n) is 0.0680. The minimum Gasteiger partial charge on any atom is -1.00 e. The van der Waals surface area contributed by atoms with Gasteiger partial charge in [0, 0.05) is 17.1 Å². The van der Waals surface area contributed by atoms with E-state index in [4.69, 9.17) is 4.79 Å². The van der Waals surface area contributed by atoms with Crippen LogP contribution >= 0.6 is 0 Å². The first-order chi connectivity index (χ1) is 1.41. The Morgan fingerprint density at radius 1 is 1.80 bits per heavy atom. The van der Waals surface area contributed by atoms with E-state index in [1.165, 1.54) is 4.82 Å². The van der Waals surface area contributed by atoms with Crippen LogP contribution in [0, 0.1) is 0 Å². The summed E-state index contributed by atoms with van der Waals surface area (Å²) in [6.45, 7) is 0. The number of carbonyl (C=O) groups excluding carboxylic acids is 1. The van der Waals surface area contributed by atoms with Crippen molar-refractivity contribution in [3.05, 3.63) is 0 Å². The molecule has 0 saturated heterocycles. The largest absolute Gasteiger partial charge is 2.00 e. The van der Waals surface area contributed by atoms with Crippen molar-refractivity contribution in [3.8, 4) is 0 Å². The summed E-state index contributed by atoms with van der Waals surface area (Å²) in [6, 6.07) is 0. The molecule has 4 heteroatoms. The van der Waals surface area contributed by atoms with Crippen LogP contribution < -0.4 is 0 Å². The average Bonchev–Trinajstić information content (AvgIpc) is 0.918. The van der Waals surface area contributed by atoms with E-state index in [9.17, 15) is 0 Å². The number of rotatable bonds is 0. The molecule has 1 nitrogen and oxygen atoms in total. The predicted octanol–water partition coefficient (Wildman–Crippen LogP) is -0.558. The van der Waals surface area contributed by atoms with Crippen LogP contribution in [0.3, 0.4) is 0 Å². The molecule has 0 aliphatic rings. The van der Waals surface area contributed by atoms with Gasteiger partial charge in [0.05, 0.1) is 0 Å². The zero-order valence-electron chi connectivity index (χ0n) is 4.33. The molecule has 0 aliphatic carbocycles. The molecule has 0 aromatic heterocycles. The first-order valence-corrected chi connectivity index (χ1v) is 0.891. The molecule has 0 heterocycles. The van der Waals surface area contributed by atoms with Crippen LogP contribution in [-0.4, -0.2) is 27.9 Å². The Bertz CT molecular complexity index is 38.7. The van der Waals surface area contributed by atoms with Crippen LogP contribution in [0.25, 0.3) is 0 Å². The van der Waals surface area contributed by atoms with Crippen LogP contribution in [-0.2, 0) is 37.2 Å². The SMILES string of the molecule is O=[C]=[Co].[H-].[H-].[Mg+2].[Mn]. The Morgan fingerprint density at radius 2 is 1.80 bits per heavy atom. The Hall–Kier alpha value is 1.37. The first kappa shape index (κ1) is 16.2. The van der Waals surface area contributed by atoms with Gasteiger partial charge < -0.3 is 2.85 Å². The van der Waals surface area contributed by atoms with Crippen LogP contribution in [0.2, 0.25) is 0 Å². The summed E-state index contributed by atoms with van der Waals surface area (Å²) in [5.74, 6) is 0. The summed E-state index contributed by atoms with van der Waals surface area (Å²) in [4.78, 5) is 9.73. The van der Waals surface area contributed by atoms with Crippen molar-refractivity contribution in [3.63, 3.8) is 0 Å². The van der Waals surface area contributed by atoms with E-state index < -0.39 is 0 Å². The fourth-order valence-electron chi connectivity index (χ4n) is 0. The van der Waals surface area contributed by atoms with E-state index in [-0.39, 0.29) is 43.0 Å². The molecule has 0 aromatic rings. The van der Waals surface area contributed by atoms with Crippen molar-refractivity contribution in [1.82, 2.24) is 0 Å². The van der Waals surface area contributed by atoms with Crippen LogP contribution in [0.15, 0.2) is 0 Å². The quantitative estimate of drug-likeness (QED) is 0.443. The molecule has 0 N–H and O–H groups in total.